The third kappa shape index (κ3) is 4.23. The summed E-state index contributed by atoms with van der Waals surface area (Å²) in [5.74, 6) is -0.132. The SMILES string of the molecule is CCCN1C(=O)C(C)(C)COc2cc(NC(=O)c3cc([N+](=O)[O-])ccc3Cl)ccc21. The number of hydrogen-bond donors (Lipinski definition) is 1. The number of carbonyl (C=O) groups excluding carboxylic acids is 2. The molecule has 0 fully saturated rings. The molecule has 158 valence electrons. The Kier molecular flexibility index (Phi) is 5.98. The highest BCUT2D eigenvalue weighted by molar-refractivity contribution is 6.34. The van der Waals surface area contributed by atoms with E-state index >= 15 is 0 Å². The summed E-state index contributed by atoms with van der Waals surface area (Å²) in [6.45, 7) is 6.40. The van der Waals surface area contributed by atoms with E-state index in [9.17, 15) is 19.7 Å². The molecular formula is C21H22ClN3O5. The lowest BCUT2D eigenvalue weighted by Gasteiger charge is -2.27. The van der Waals surface area contributed by atoms with E-state index in [4.69, 9.17) is 16.3 Å². The number of nitrogens with one attached hydrogen (secondary N) is 1. The number of ether oxygens (including phenoxy) is 1. The van der Waals surface area contributed by atoms with E-state index < -0.39 is 16.2 Å². The van der Waals surface area contributed by atoms with Gasteiger partial charge in [-0.25, -0.2) is 0 Å². The van der Waals surface area contributed by atoms with Crippen LogP contribution in [0.1, 0.15) is 37.6 Å². The van der Waals surface area contributed by atoms with Gasteiger partial charge in [0.15, 0.2) is 0 Å². The molecule has 1 heterocycles. The largest absolute Gasteiger partial charge is 0.490 e. The van der Waals surface area contributed by atoms with E-state index in [1.165, 1.54) is 12.1 Å². The second kappa shape index (κ2) is 8.31. The van der Waals surface area contributed by atoms with Crippen LogP contribution in [0.4, 0.5) is 17.1 Å². The minimum Gasteiger partial charge on any atom is -0.490 e. The molecule has 1 N–H and O–H groups in total. The lowest BCUT2D eigenvalue weighted by atomic mass is 9.93. The minimum atomic E-state index is -0.686. The fourth-order valence-corrected chi connectivity index (χ4v) is 3.37. The maximum atomic E-state index is 12.9. The molecule has 8 nitrogen and oxygen atoms in total. The average Bonchev–Trinajstić information content (AvgIpc) is 2.78. The highest BCUT2D eigenvalue weighted by Crippen LogP contribution is 2.38. The molecule has 3 rings (SSSR count). The summed E-state index contributed by atoms with van der Waals surface area (Å²) in [5, 5.41) is 13.8. The summed E-state index contributed by atoms with van der Waals surface area (Å²) in [7, 11) is 0. The lowest BCUT2D eigenvalue weighted by molar-refractivity contribution is -0.384. The van der Waals surface area contributed by atoms with E-state index in [1.807, 2.05) is 20.8 Å². The quantitative estimate of drug-likeness (QED) is 0.547. The second-order valence-electron chi connectivity index (χ2n) is 7.69. The Balaban J connectivity index is 1.91. The molecule has 0 aliphatic carbocycles. The summed E-state index contributed by atoms with van der Waals surface area (Å²) in [5.41, 5.74) is 0.133. The number of amides is 2. The van der Waals surface area contributed by atoms with Crippen LogP contribution in [0.15, 0.2) is 36.4 Å². The molecule has 0 radical (unpaired) electrons. The van der Waals surface area contributed by atoms with Crippen LogP contribution in [0.3, 0.4) is 0 Å². The molecule has 0 bridgehead atoms. The number of anilines is 2. The lowest BCUT2D eigenvalue weighted by Crippen LogP contribution is -2.42. The number of carbonyl (C=O) groups is 2. The van der Waals surface area contributed by atoms with Gasteiger partial charge < -0.3 is 15.0 Å². The van der Waals surface area contributed by atoms with Crippen molar-refractivity contribution in [1.82, 2.24) is 0 Å². The van der Waals surface area contributed by atoms with Crippen LogP contribution >= 0.6 is 11.6 Å². The fraction of sp³-hybridized carbons (Fsp3) is 0.333. The molecule has 2 aromatic rings. The maximum Gasteiger partial charge on any atom is 0.270 e. The first-order chi connectivity index (χ1) is 14.1. The first-order valence-corrected chi connectivity index (χ1v) is 9.86. The van der Waals surface area contributed by atoms with Gasteiger partial charge in [0.05, 0.1) is 26.6 Å². The number of rotatable bonds is 5. The summed E-state index contributed by atoms with van der Waals surface area (Å²) < 4.78 is 5.88. The molecule has 0 unspecified atom stereocenters. The van der Waals surface area contributed by atoms with Crippen molar-refractivity contribution in [3.63, 3.8) is 0 Å². The zero-order valence-corrected chi connectivity index (χ0v) is 17.7. The molecule has 1 aliphatic rings. The number of benzene rings is 2. The number of fused-ring (bicyclic) bond motifs is 1. The molecular weight excluding hydrogens is 410 g/mol. The van der Waals surface area contributed by atoms with Crippen LogP contribution in [-0.4, -0.2) is 29.9 Å². The van der Waals surface area contributed by atoms with Gasteiger partial charge in [-0.15, -0.1) is 0 Å². The van der Waals surface area contributed by atoms with E-state index in [2.05, 4.69) is 5.32 Å². The van der Waals surface area contributed by atoms with E-state index in [1.54, 1.807) is 23.1 Å². The molecule has 9 heteroatoms. The Morgan fingerprint density at radius 1 is 1.30 bits per heavy atom. The monoisotopic (exact) mass is 431 g/mol. The Labute approximate surface area is 178 Å². The number of nitrogens with zero attached hydrogens (tertiary/aromatic N) is 2. The van der Waals surface area contributed by atoms with Gasteiger partial charge >= 0.3 is 0 Å². The Bertz CT molecular complexity index is 1020. The zero-order valence-electron chi connectivity index (χ0n) is 16.9. The summed E-state index contributed by atoms with van der Waals surface area (Å²) in [4.78, 5) is 37.6. The number of nitro groups is 1. The van der Waals surface area contributed by atoms with Crippen LogP contribution in [0.25, 0.3) is 0 Å². The molecule has 1 aliphatic heterocycles. The normalized spacial score (nSPS) is 15.1. The van der Waals surface area contributed by atoms with Crippen molar-refractivity contribution >= 4 is 40.5 Å². The second-order valence-corrected chi connectivity index (χ2v) is 8.09. The van der Waals surface area contributed by atoms with Crippen molar-refractivity contribution in [2.75, 3.05) is 23.4 Å². The van der Waals surface area contributed by atoms with Gasteiger partial charge in [0, 0.05) is 30.4 Å². The molecule has 0 saturated heterocycles. The minimum absolute atomic E-state index is 0.00866. The van der Waals surface area contributed by atoms with Crippen LogP contribution < -0.4 is 15.0 Å². The van der Waals surface area contributed by atoms with Crippen LogP contribution in [-0.2, 0) is 4.79 Å². The van der Waals surface area contributed by atoms with E-state index in [-0.39, 0.29) is 28.8 Å². The molecule has 2 amide bonds. The standard InChI is InChI=1S/C21H22ClN3O5/c1-4-9-24-17-8-5-13(10-18(17)30-12-21(2,3)20(24)27)23-19(26)15-11-14(25(28)29)6-7-16(15)22/h5-8,10-11H,4,9,12H2,1-3H3,(H,23,26). The molecule has 30 heavy (non-hydrogen) atoms. The predicted octanol–water partition coefficient (Wildman–Crippen LogP) is 4.66. The van der Waals surface area contributed by atoms with Gasteiger partial charge in [-0.05, 0) is 38.5 Å². The zero-order chi connectivity index (χ0) is 22.1. The first-order valence-electron chi connectivity index (χ1n) is 9.48. The Morgan fingerprint density at radius 2 is 2.03 bits per heavy atom. The number of nitro benzene ring substituents is 1. The van der Waals surface area contributed by atoms with Crippen LogP contribution in [0.5, 0.6) is 5.75 Å². The highest BCUT2D eigenvalue weighted by atomic mass is 35.5. The third-order valence-electron chi connectivity index (χ3n) is 4.77. The van der Waals surface area contributed by atoms with Gasteiger partial charge in [-0.2, -0.15) is 0 Å². The van der Waals surface area contributed by atoms with Crippen molar-refractivity contribution in [3.8, 4) is 5.75 Å². The van der Waals surface area contributed by atoms with Crippen LogP contribution in [0.2, 0.25) is 5.02 Å². The molecule has 2 aromatic carbocycles. The van der Waals surface area contributed by atoms with E-state index in [0.29, 0.717) is 23.7 Å². The molecule has 0 saturated carbocycles. The smallest absolute Gasteiger partial charge is 0.270 e. The van der Waals surface area contributed by atoms with Crippen molar-refractivity contribution in [3.05, 3.63) is 57.1 Å². The predicted molar refractivity (Wildman–Crippen MR) is 114 cm³/mol. The van der Waals surface area contributed by atoms with Gasteiger partial charge in [0.25, 0.3) is 11.6 Å². The number of halogens is 1. The van der Waals surface area contributed by atoms with Crippen molar-refractivity contribution in [2.45, 2.75) is 27.2 Å². The van der Waals surface area contributed by atoms with E-state index in [0.717, 1.165) is 12.5 Å². The number of non-ortho nitro benzene ring substituents is 1. The van der Waals surface area contributed by atoms with Gasteiger partial charge in [-0.3, -0.25) is 19.7 Å². The third-order valence-corrected chi connectivity index (χ3v) is 5.10. The fourth-order valence-electron chi connectivity index (χ4n) is 3.17. The van der Waals surface area contributed by atoms with Gasteiger partial charge in [-0.1, -0.05) is 18.5 Å². The Hall–Kier alpha value is -3.13. The summed E-state index contributed by atoms with van der Waals surface area (Å²) >= 11 is 6.05. The molecule has 0 spiro atoms. The highest BCUT2D eigenvalue weighted by Gasteiger charge is 2.37. The Morgan fingerprint density at radius 3 is 2.70 bits per heavy atom. The topological polar surface area (TPSA) is 102 Å². The maximum absolute atomic E-state index is 12.9. The summed E-state index contributed by atoms with van der Waals surface area (Å²) in [6, 6.07) is 8.67. The molecule has 0 aromatic heterocycles. The van der Waals surface area contributed by atoms with Gasteiger partial charge in [0.2, 0.25) is 5.91 Å². The van der Waals surface area contributed by atoms with Crippen molar-refractivity contribution in [1.29, 1.82) is 0 Å². The first kappa shape index (κ1) is 21.6. The average molecular weight is 432 g/mol. The van der Waals surface area contributed by atoms with Crippen LogP contribution in [0, 0.1) is 15.5 Å². The molecule has 0 atom stereocenters. The summed E-state index contributed by atoms with van der Waals surface area (Å²) in [6.07, 6.45) is 0.783. The van der Waals surface area contributed by atoms with Crippen molar-refractivity contribution in [2.24, 2.45) is 5.41 Å². The number of hydrogen-bond acceptors (Lipinski definition) is 5. The van der Waals surface area contributed by atoms with Crippen molar-refractivity contribution < 1.29 is 19.2 Å². The van der Waals surface area contributed by atoms with Gasteiger partial charge in [0.1, 0.15) is 12.4 Å².